The maximum atomic E-state index is 13.4. The normalized spacial score (nSPS) is 28.8. The average molecular weight is 329 g/mol. The maximum Gasteiger partial charge on any atom is 0.232 e. The molecule has 2 unspecified atom stereocenters. The Morgan fingerprint density at radius 3 is 2.38 bits per heavy atom. The Bertz CT molecular complexity index is 632. The van der Waals surface area contributed by atoms with Crippen LogP contribution in [0.1, 0.15) is 59.4 Å². The number of benzene rings is 1. The van der Waals surface area contributed by atoms with Crippen molar-refractivity contribution in [2.75, 3.05) is 13.7 Å². The van der Waals surface area contributed by atoms with Gasteiger partial charge in [-0.3, -0.25) is 4.79 Å². The van der Waals surface area contributed by atoms with Crippen LogP contribution in [0.15, 0.2) is 24.3 Å². The molecule has 1 aliphatic carbocycles. The van der Waals surface area contributed by atoms with E-state index in [9.17, 15) is 4.79 Å². The Morgan fingerprint density at radius 1 is 1.17 bits per heavy atom. The van der Waals surface area contributed by atoms with Crippen molar-refractivity contribution in [3.05, 3.63) is 29.8 Å². The highest BCUT2D eigenvalue weighted by atomic mass is 16.5. The van der Waals surface area contributed by atoms with Crippen LogP contribution < -0.4 is 4.74 Å². The van der Waals surface area contributed by atoms with Crippen molar-refractivity contribution in [3.63, 3.8) is 0 Å². The summed E-state index contributed by atoms with van der Waals surface area (Å²) < 4.78 is 5.24. The van der Waals surface area contributed by atoms with Crippen molar-refractivity contribution in [2.45, 2.75) is 65.3 Å². The van der Waals surface area contributed by atoms with E-state index in [1.165, 1.54) is 6.42 Å². The van der Waals surface area contributed by atoms with Gasteiger partial charge in [-0.2, -0.15) is 0 Å². The lowest BCUT2D eigenvalue weighted by Gasteiger charge is -2.40. The van der Waals surface area contributed by atoms with Crippen molar-refractivity contribution in [2.24, 2.45) is 10.8 Å². The van der Waals surface area contributed by atoms with Crippen LogP contribution in [0.25, 0.3) is 0 Å². The first-order valence-electron chi connectivity index (χ1n) is 9.02. The number of ether oxygens (including phenoxy) is 1. The smallest absolute Gasteiger partial charge is 0.232 e. The van der Waals surface area contributed by atoms with E-state index in [1.807, 2.05) is 38.1 Å². The predicted molar refractivity (Wildman–Crippen MR) is 97.3 cm³/mol. The van der Waals surface area contributed by atoms with Crippen LogP contribution in [0.4, 0.5) is 0 Å². The van der Waals surface area contributed by atoms with E-state index in [2.05, 4.69) is 25.7 Å². The van der Waals surface area contributed by atoms with E-state index in [4.69, 9.17) is 4.74 Å². The Labute approximate surface area is 146 Å². The van der Waals surface area contributed by atoms with Gasteiger partial charge in [0.05, 0.1) is 12.5 Å². The minimum absolute atomic E-state index is 0.263. The van der Waals surface area contributed by atoms with Crippen LogP contribution in [-0.2, 0) is 10.2 Å². The molecule has 2 fully saturated rings. The zero-order valence-corrected chi connectivity index (χ0v) is 16.0. The summed E-state index contributed by atoms with van der Waals surface area (Å²) >= 11 is 0. The van der Waals surface area contributed by atoms with E-state index in [1.54, 1.807) is 7.11 Å². The van der Waals surface area contributed by atoms with Crippen molar-refractivity contribution >= 4 is 5.91 Å². The van der Waals surface area contributed by atoms with Gasteiger partial charge in [0.2, 0.25) is 5.91 Å². The Kier molecular flexibility index (Phi) is 3.97. The molecule has 1 aliphatic heterocycles. The van der Waals surface area contributed by atoms with Crippen LogP contribution in [0, 0.1) is 10.8 Å². The molecule has 3 heteroatoms. The number of hydrogen-bond acceptors (Lipinski definition) is 2. The number of nitrogens with zero attached hydrogens (tertiary/aromatic N) is 1. The molecule has 24 heavy (non-hydrogen) atoms. The second-order valence-electron chi connectivity index (χ2n) is 9.50. The SMILES string of the molecule is COc1ccc(C(C)(C)C(=O)N2CC3(C)CC2CC(C)(C)C3)cc1. The summed E-state index contributed by atoms with van der Waals surface area (Å²) in [6.45, 7) is 12.0. The molecule has 0 radical (unpaired) electrons. The molecule has 2 aliphatic rings. The molecule has 1 saturated carbocycles. The van der Waals surface area contributed by atoms with Gasteiger partial charge >= 0.3 is 0 Å². The van der Waals surface area contributed by atoms with Gasteiger partial charge in [0, 0.05) is 12.6 Å². The largest absolute Gasteiger partial charge is 0.497 e. The molecular formula is C21H31NO2. The first-order chi connectivity index (χ1) is 11.1. The number of likely N-dealkylation sites (tertiary alicyclic amines) is 1. The van der Waals surface area contributed by atoms with Crippen LogP contribution in [0.5, 0.6) is 5.75 Å². The molecule has 0 aromatic heterocycles. The van der Waals surface area contributed by atoms with E-state index < -0.39 is 5.41 Å². The monoisotopic (exact) mass is 329 g/mol. The molecule has 1 aromatic rings. The quantitative estimate of drug-likeness (QED) is 0.822. The van der Waals surface area contributed by atoms with Crippen molar-refractivity contribution in [1.29, 1.82) is 0 Å². The minimum Gasteiger partial charge on any atom is -0.497 e. The molecule has 2 atom stereocenters. The Balaban J connectivity index is 1.85. The van der Waals surface area contributed by atoms with E-state index >= 15 is 0 Å². The molecule has 1 amide bonds. The second-order valence-corrected chi connectivity index (χ2v) is 9.50. The summed E-state index contributed by atoms with van der Waals surface area (Å²) in [7, 11) is 1.66. The number of hydrogen-bond donors (Lipinski definition) is 0. The standard InChI is InChI=1S/C21H31NO2/c1-19(2)11-16-12-21(5,13-19)14-22(16)18(23)20(3,4)15-7-9-17(24-6)10-8-15/h7-10,16H,11-14H2,1-6H3. The summed E-state index contributed by atoms with van der Waals surface area (Å²) in [5.41, 5.74) is 1.15. The molecule has 0 N–H and O–H groups in total. The molecule has 3 rings (SSSR count). The van der Waals surface area contributed by atoms with E-state index in [0.29, 0.717) is 11.5 Å². The van der Waals surface area contributed by atoms with Crippen molar-refractivity contribution in [1.82, 2.24) is 4.90 Å². The number of carbonyl (C=O) groups is 1. The van der Waals surface area contributed by atoms with Gasteiger partial charge in [-0.15, -0.1) is 0 Å². The summed E-state index contributed by atoms with van der Waals surface area (Å²) in [5, 5.41) is 0. The average Bonchev–Trinajstić information content (AvgIpc) is 2.75. The fourth-order valence-corrected chi connectivity index (χ4v) is 5.19. The molecule has 0 spiro atoms. The van der Waals surface area contributed by atoms with Gasteiger partial charge in [-0.05, 0) is 61.6 Å². The molecule has 132 valence electrons. The molecule has 1 heterocycles. The Hall–Kier alpha value is -1.51. The molecule has 3 nitrogen and oxygen atoms in total. The zero-order valence-electron chi connectivity index (χ0n) is 16.0. The van der Waals surface area contributed by atoms with Crippen LogP contribution in [0.3, 0.4) is 0 Å². The lowest BCUT2D eigenvalue weighted by Crippen LogP contribution is -2.46. The van der Waals surface area contributed by atoms with Gasteiger partial charge < -0.3 is 9.64 Å². The summed E-state index contributed by atoms with van der Waals surface area (Å²) in [6, 6.07) is 8.31. The summed E-state index contributed by atoms with van der Waals surface area (Å²) in [4.78, 5) is 15.6. The van der Waals surface area contributed by atoms with Gasteiger partial charge in [0.1, 0.15) is 5.75 Å². The van der Waals surface area contributed by atoms with Crippen LogP contribution in [0.2, 0.25) is 0 Å². The lowest BCUT2D eigenvalue weighted by molar-refractivity contribution is -0.137. The molecule has 1 aromatic carbocycles. The third-order valence-electron chi connectivity index (χ3n) is 6.02. The first-order valence-corrected chi connectivity index (χ1v) is 9.02. The van der Waals surface area contributed by atoms with Gasteiger partial charge in [0.15, 0.2) is 0 Å². The van der Waals surface area contributed by atoms with E-state index in [-0.39, 0.29) is 11.3 Å². The van der Waals surface area contributed by atoms with Crippen molar-refractivity contribution < 1.29 is 9.53 Å². The third kappa shape index (κ3) is 2.94. The highest BCUT2D eigenvalue weighted by Crippen LogP contribution is 2.53. The highest BCUT2D eigenvalue weighted by molar-refractivity contribution is 5.88. The number of fused-ring (bicyclic) bond motifs is 2. The fraction of sp³-hybridized carbons (Fsp3) is 0.667. The highest BCUT2D eigenvalue weighted by Gasteiger charge is 2.52. The number of carbonyl (C=O) groups excluding carboxylic acids is 1. The summed E-state index contributed by atoms with van der Waals surface area (Å²) in [6.07, 6.45) is 3.48. The number of amides is 1. The number of rotatable bonds is 3. The molecular weight excluding hydrogens is 298 g/mol. The maximum absolute atomic E-state index is 13.4. The fourth-order valence-electron chi connectivity index (χ4n) is 5.19. The number of methoxy groups -OCH3 is 1. The van der Waals surface area contributed by atoms with Crippen LogP contribution in [-0.4, -0.2) is 30.5 Å². The third-order valence-corrected chi connectivity index (χ3v) is 6.02. The van der Waals surface area contributed by atoms with Gasteiger partial charge in [-0.1, -0.05) is 32.9 Å². The predicted octanol–water partition coefficient (Wildman–Crippen LogP) is 4.40. The zero-order chi connectivity index (χ0) is 17.8. The Morgan fingerprint density at radius 2 is 1.79 bits per heavy atom. The van der Waals surface area contributed by atoms with Gasteiger partial charge in [-0.25, -0.2) is 0 Å². The lowest BCUT2D eigenvalue weighted by atomic mass is 9.65. The first kappa shape index (κ1) is 17.3. The summed E-state index contributed by atoms with van der Waals surface area (Å²) in [5.74, 6) is 1.09. The minimum atomic E-state index is -0.510. The van der Waals surface area contributed by atoms with Crippen molar-refractivity contribution in [3.8, 4) is 5.75 Å². The topological polar surface area (TPSA) is 29.5 Å². The molecule has 1 saturated heterocycles. The van der Waals surface area contributed by atoms with E-state index in [0.717, 1.165) is 30.7 Å². The molecule has 2 bridgehead atoms. The van der Waals surface area contributed by atoms with Gasteiger partial charge in [0.25, 0.3) is 0 Å². The van der Waals surface area contributed by atoms with Crippen LogP contribution >= 0.6 is 0 Å². The second kappa shape index (κ2) is 5.50.